The van der Waals surface area contributed by atoms with Gasteiger partial charge in [-0.15, -0.1) is 0 Å². The second-order valence-corrected chi connectivity index (χ2v) is 7.73. The van der Waals surface area contributed by atoms with E-state index >= 15 is 0 Å². The van der Waals surface area contributed by atoms with E-state index in [0.29, 0.717) is 13.2 Å². The van der Waals surface area contributed by atoms with Gasteiger partial charge in [-0.1, -0.05) is 18.2 Å². The van der Waals surface area contributed by atoms with E-state index in [0.717, 1.165) is 53.8 Å². The molecular formula is C25H30N2O4. The molecule has 1 aliphatic rings. The number of benzene rings is 2. The van der Waals surface area contributed by atoms with E-state index in [2.05, 4.69) is 28.5 Å². The van der Waals surface area contributed by atoms with Crippen LogP contribution in [0.15, 0.2) is 54.7 Å². The summed E-state index contributed by atoms with van der Waals surface area (Å²) in [5.74, 6) is 1.75. The molecule has 3 aromatic rings. The standard InChI is InChI=1S/C25H30N2O4/c1-28-21-10-11-23-22(14-21)18(12-13-26-23)7-5-9-25-30-16-20(17-31-25)27-15-19-6-3-4-8-24(19)29-2/h3-4,6,8,10-14,20,25,27H,5,7,9,15-17H2,1-2H3. The summed E-state index contributed by atoms with van der Waals surface area (Å²) >= 11 is 0. The number of fused-ring (bicyclic) bond motifs is 1. The largest absolute Gasteiger partial charge is 0.497 e. The molecule has 0 saturated carbocycles. The minimum atomic E-state index is -0.146. The summed E-state index contributed by atoms with van der Waals surface area (Å²) < 4.78 is 22.7. The molecule has 1 aromatic heterocycles. The molecule has 6 heteroatoms. The Morgan fingerprint density at radius 1 is 1.00 bits per heavy atom. The lowest BCUT2D eigenvalue weighted by molar-refractivity contribution is -0.192. The molecule has 6 nitrogen and oxygen atoms in total. The average molecular weight is 423 g/mol. The molecule has 1 aliphatic heterocycles. The summed E-state index contributed by atoms with van der Waals surface area (Å²) in [5.41, 5.74) is 3.40. The number of hydrogen-bond donors (Lipinski definition) is 1. The Bertz CT molecular complexity index is 986. The van der Waals surface area contributed by atoms with Crippen LogP contribution in [0.5, 0.6) is 11.5 Å². The van der Waals surface area contributed by atoms with Crippen LogP contribution in [0.1, 0.15) is 24.0 Å². The third-order valence-electron chi connectivity index (χ3n) is 5.67. The Balaban J connectivity index is 1.22. The Labute approximate surface area is 183 Å². The Kier molecular flexibility index (Phi) is 7.35. The van der Waals surface area contributed by atoms with Crippen LogP contribution >= 0.6 is 0 Å². The molecule has 31 heavy (non-hydrogen) atoms. The Hall–Kier alpha value is -2.67. The summed E-state index contributed by atoms with van der Waals surface area (Å²) in [5, 5.41) is 4.64. The predicted octanol–water partition coefficient (Wildman–Crippen LogP) is 4.11. The molecule has 0 spiro atoms. The van der Waals surface area contributed by atoms with Crippen LogP contribution < -0.4 is 14.8 Å². The first kappa shape index (κ1) is 21.6. The zero-order valence-corrected chi connectivity index (χ0v) is 18.2. The molecule has 1 saturated heterocycles. The number of para-hydroxylation sites is 1. The molecule has 0 amide bonds. The third-order valence-corrected chi connectivity index (χ3v) is 5.67. The maximum atomic E-state index is 5.95. The highest BCUT2D eigenvalue weighted by Gasteiger charge is 2.22. The molecule has 4 rings (SSSR count). The van der Waals surface area contributed by atoms with Crippen molar-refractivity contribution in [2.24, 2.45) is 0 Å². The topological polar surface area (TPSA) is 61.8 Å². The van der Waals surface area contributed by atoms with Gasteiger partial charge >= 0.3 is 0 Å². The minimum absolute atomic E-state index is 0.146. The van der Waals surface area contributed by atoms with Gasteiger partial charge in [0.1, 0.15) is 11.5 Å². The lowest BCUT2D eigenvalue weighted by atomic mass is 10.0. The number of hydrogen-bond acceptors (Lipinski definition) is 6. The van der Waals surface area contributed by atoms with Gasteiger partial charge in [0.25, 0.3) is 0 Å². The van der Waals surface area contributed by atoms with Crippen molar-refractivity contribution in [1.29, 1.82) is 0 Å². The normalized spacial score (nSPS) is 18.8. The first-order chi connectivity index (χ1) is 15.3. The highest BCUT2D eigenvalue weighted by Crippen LogP contribution is 2.24. The molecule has 0 unspecified atom stereocenters. The van der Waals surface area contributed by atoms with Crippen molar-refractivity contribution in [1.82, 2.24) is 10.3 Å². The van der Waals surface area contributed by atoms with Gasteiger partial charge in [0.15, 0.2) is 6.29 Å². The summed E-state index contributed by atoms with van der Waals surface area (Å²) in [4.78, 5) is 4.45. The van der Waals surface area contributed by atoms with Crippen LogP contribution in [0, 0.1) is 0 Å². The maximum absolute atomic E-state index is 5.95. The Morgan fingerprint density at radius 3 is 2.65 bits per heavy atom. The summed E-state index contributed by atoms with van der Waals surface area (Å²) in [6.07, 6.45) is 4.53. The van der Waals surface area contributed by atoms with Gasteiger partial charge in [-0.2, -0.15) is 0 Å². The number of aryl methyl sites for hydroxylation is 1. The molecular weight excluding hydrogens is 392 g/mol. The van der Waals surface area contributed by atoms with Gasteiger partial charge < -0.3 is 24.3 Å². The van der Waals surface area contributed by atoms with Crippen molar-refractivity contribution in [2.45, 2.75) is 38.1 Å². The number of pyridine rings is 1. The Morgan fingerprint density at radius 2 is 1.84 bits per heavy atom. The van der Waals surface area contributed by atoms with Gasteiger partial charge in [-0.05, 0) is 55.2 Å². The van der Waals surface area contributed by atoms with Gasteiger partial charge in [0.2, 0.25) is 0 Å². The molecule has 1 fully saturated rings. The number of nitrogens with one attached hydrogen (secondary N) is 1. The zero-order chi connectivity index (χ0) is 21.5. The maximum Gasteiger partial charge on any atom is 0.157 e. The lowest BCUT2D eigenvalue weighted by Gasteiger charge is -2.30. The van der Waals surface area contributed by atoms with Gasteiger partial charge in [0.05, 0.1) is 39.0 Å². The smallest absolute Gasteiger partial charge is 0.157 e. The summed E-state index contributed by atoms with van der Waals surface area (Å²) in [6, 6.07) is 16.3. The lowest BCUT2D eigenvalue weighted by Crippen LogP contribution is -2.44. The molecule has 0 atom stereocenters. The van der Waals surface area contributed by atoms with E-state index in [1.54, 1.807) is 14.2 Å². The van der Waals surface area contributed by atoms with E-state index in [9.17, 15) is 0 Å². The number of rotatable bonds is 9. The fraction of sp³-hybridized carbons (Fsp3) is 0.400. The van der Waals surface area contributed by atoms with E-state index in [-0.39, 0.29) is 12.3 Å². The minimum Gasteiger partial charge on any atom is -0.497 e. The fourth-order valence-corrected chi connectivity index (χ4v) is 3.92. The highest BCUT2D eigenvalue weighted by molar-refractivity contribution is 5.83. The third kappa shape index (κ3) is 5.53. The number of aromatic nitrogens is 1. The van der Waals surface area contributed by atoms with Crippen molar-refractivity contribution in [3.05, 3.63) is 65.9 Å². The summed E-state index contributed by atoms with van der Waals surface area (Å²) in [6.45, 7) is 2.02. The number of nitrogens with zero attached hydrogens (tertiary/aromatic N) is 1. The van der Waals surface area contributed by atoms with Crippen molar-refractivity contribution >= 4 is 10.9 Å². The number of ether oxygens (including phenoxy) is 4. The number of methoxy groups -OCH3 is 2. The second-order valence-electron chi connectivity index (χ2n) is 7.73. The quantitative estimate of drug-likeness (QED) is 0.560. The van der Waals surface area contributed by atoms with E-state index < -0.39 is 0 Å². The monoisotopic (exact) mass is 422 g/mol. The van der Waals surface area contributed by atoms with Crippen LogP contribution in [0.2, 0.25) is 0 Å². The van der Waals surface area contributed by atoms with Crippen molar-refractivity contribution in [3.8, 4) is 11.5 Å². The molecule has 2 heterocycles. The van der Waals surface area contributed by atoms with E-state index in [1.807, 2.05) is 36.5 Å². The molecule has 164 valence electrons. The first-order valence-corrected chi connectivity index (χ1v) is 10.8. The molecule has 2 aromatic carbocycles. The van der Waals surface area contributed by atoms with Crippen molar-refractivity contribution < 1.29 is 18.9 Å². The SMILES string of the molecule is COc1ccc2nccc(CCCC3OCC(NCc4ccccc4OC)CO3)c2c1. The molecule has 0 radical (unpaired) electrons. The van der Waals surface area contributed by atoms with Crippen LogP contribution in [-0.2, 0) is 22.4 Å². The van der Waals surface area contributed by atoms with Gasteiger partial charge in [0, 0.05) is 23.7 Å². The van der Waals surface area contributed by atoms with E-state index in [4.69, 9.17) is 18.9 Å². The molecule has 1 N–H and O–H groups in total. The van der Waals surface area contributed by atoms with Gasteiger partial charge in [-0.25, -0.2) is 0 Å². The van der Waals surface area contributed by atoms with Crippen LogP contribution in [-0.4, -0.2) is 44.7 Å². The highest BCUT2D eigenvalue weighted by atomic mass is 16.7. The van der Waals surface area contributed by atoms with E-state index in [1.165, 1.54) is 5.56 Å². The van der Waals surface area contributed by atoms with Crippen LogP contribution in [0.4, 0.5) is 0 Å². The zero-order valence-electron chi connectivity index (χ0n) is 18.2. The van der Waals surface area contributed by atoms with Crippen LogP contribution in [0.25, 0.3) is 10.9 Å². The second kappa shape index (κ2) is 10.6. The first-order valence-electron chi connectivity index (χ1n) is 10.8. The molecule has 0 aliphatic carbocycles. The van der Waals surface area contributed by atoms with Crippen molar-refractivity contribution in [3.63, 3.8) is 0 Å². The van der Waals surface area contributed by atoms with Gasteiger partial charge in [-0.3, -0.25) is 4.98 Å². The van der Waals surface area contributed by atoms with Crippen LogP contribution in [0.3, 0.4) is 0 Å². The fourth-order valence-electron chi connectivity index (χ4n) is 3.92. The predicted molar refractivity (Wildman–Crippen MR) is 121 cm³/mol. The molecule has 0 bridgehead atoms. The summed E-state index contributed by atoms with van der Waals surface area (Å²) in [7, 11) is 3.38. The van der Waals surface area contributed by atoms with Crippen molar-refractivity contribution in [2.75, 3.05) is 27.4 Å². The average Bonchev–Trinajstić information content (AvgIpc) is 2.83.